The molecule has 1 aliphatic heterocycles. The SMILES string of the molecule is CC(=O)NCc1ccsc1-c1csc(N)n1.c1cc2cc(c1)OC2. The van der Waals surface area contributed by atoms with Crippen molar-refractivity contribution >= 4 is 33.7 Å². The highest BCUT2D eigenvalue weighted by Gasteiger charge is 2.10. The van der Waals surface area contributed by atoms with E-state index in [0.29, 0.717) is 11.7 Å². The maximum absolute atomic E-state index is 10.8. The number of thiophene rings is 1. The molecule has 3 aromatic rings. The quantitative estimate of drug-likeness (QED) is 0.748. The summed E-state index contributed by atoms with van der Waals surface area (Å²) in [6.07, 6.45) is 0. The van der Waals surface area contributed by atoms with Crippen LogP contribution in [0.2, 0.25) is 0 Å². The van der Waals surface area contributed by atoms with Crippen molar-refractivity contribution in [2.45, 2.75) is 20.1 Å². The number of nitrogens with one attached hydrogen (secondary N) is 1. The summed E-state index contributed by atoms with van der Waals surface area (Å²) in [5, 5.41) is 7.26. The number of carbonyl (C=O) groups is 1. The molecular formula is C17H17N3O2S2. The molecule has 1 aromatic carbocycles. The molecule has 0 saturated heterocycles. The van der Waals surface area contributed by atoms with Gasteiger partial charge in [0.2, 0.25) is 5.91 Å². The van der Waals surface area contributed by atoms with Gasteiger partial charge in [-0.05, 0) is 34.7 Å². The lowest BCUT2D eigenvalue weighted by atomic mass is 10.2. The fourth-order valence-electron chi connectivity index (χ4n) is 2.20. The van der Waals surface area contributed by atoms with Crippen LogP contribution in [0.15, 0.2) is 41.1 Å². The summed E-state index contributed by atoms with van der Waals surface area (Å²) in [6.45, 7) is 2.81. The summed E-state index contributed by atoms with van der Waals surface area (Å²) < 4.78 is 5.18. The topological polar surface area (TPSA) is 77.2 Å². The van der Waals surface area contributed by atoms with E-state index in [9.17, 15) is 4.79 Å². The van der Waals surface area contributed by atoms with Crippen molar-refractivity contribution < 1.29 is 9.53 Å². The number of benzene rings is 1. The van der Waals surface area contributed by atoms with Gasteiger partial charge in [0.25, 0.3) is 0 Å². The lowest BCUT2D eigenvalue weighted by molar-refractivity contribution is -0.119. The Balaban J connectivity index is 0.000000175. The number of thiazole rings is 1. The standard InChI is InChI=1S/C10H11N3OS2.C7H6O/c1-6(14)12-4-7-2-3-15-9(7)8-5-16-10(11)13-8;1-2-6-4-7(3-1)8-5-6/h2-3,5H,4H2,1H3,(H2,11,13)(H,12,14);1-4H,5H2. The molecule has 3 N–H and O–H groups in total. The number of ether oxygens (including phenoxy) is 1. The minimum absolute atomic E-state index is 0.0325. The Morgan fingerprint density at radius 2 is 2.25 bits per heavy atom. The second kappa shape index (κ2) is 7.46. The first-order chi connectivity index (χ1) is 11.6. The first-order valence-corrected chi connectivity index (χ1v) is 9.11. The fraction of sp³-hybridized carbons (Fsp3) is 0.176. The number of hydrogen-bond donors (Lipinski definition) is 2. The molecule has 0 aliphatic carbocycles. The van der Waals surface area contributed by atoms with Crippen molar-refractivity contribution in [3.63, 3.8) is 0 Å². The summed E-state index contributed by atoms with van der Waals surface area (Å²) >= 11 is 3.03. The molecule has 1 amide bonds. The number of hydrogen-bond acceptors (Lipinski definition) is 6. The molecule has 0 atom stereocenters. The fourth-order valence-corrected chi connectivity index (χ4v) is 3.72. The Labute approximate surface area is 148 Å². The molecule has 5 nitrogen and oxygen atoms in total. The van der Waals surface area contributed by atoms with Gasteiger partial charge in [-0.1, -0.05) is 12.1 Å². The summed E-state index contributed by atoms with van der Waals surface area (Å²) in [4.78, 5) is 16.2. The normalized spacial score (nSPS) is 11.4. The molecular weight excluding hydrogens is 342 g/mol. The van der Waals surface area contributed by atoms with E-state index in [0.717, 1.165) is 28.5 Å². The van der Waals surface area contributed by atoms with E-state index in [-0.39, 0.29) is 5.91 Å². The second-order valence-corrected chi connectivity index (χ2v) is 7.00. The van der Waals surface area contributed by atoms with Gasteiger partial charge in [0.1, 0.15) is 12.4 Å². The third-order valence-corrected chi connectivity index (χ3v) is 4.99. The molecule has 7 heteroatoms. The highest BCUT2D eigenvalue weighted by Crippen LogP contribution is 2.31. The predicted octanol–water partition coefficient (Wildman–Crippen LogP) is 3.67. The van der Waals surface area contributed by atoms with Gasteiger partial charge in [-0.2, -0.15) is 0 Å². The van der Waals surface area contributed by atoms with Crippen LogP contribution in [0, 0.1) is 0 Å². The van der Waals surface area contributed by atoms with Gasteiger partial charge < -0.3 is 15.8 Å². The molecule has 0 saturated carbocycles. The maximum atomic E-state index is 10.8. The van der Waals surface area contributed by atoms with Crippen LogP contribution in [0.3, 0.4) is 0 Å². The van der Waals surface area contributed by atoms with Crippen molar-refractivity contribution in [3.8, 4) is 16.3 Å². The number of carbonyl (C=O) groups excluding carboxylic acids is 1. The number of amides is 1. The minimum atomic E-state index is -0.0325. The van der Waals surface area contributed by atoms with Crippen molar-refractivity contribution in [3.05, 3.63) is 52.2 Å². The van der Waals surface area contributed by atoms with Gasteiger partial charge in [0.05, 0.1) is 10.6 Å². The smallest absolute Gasteiger partial charge is 0.217 e. The Hall–Kier alpha value is -2.38. The largest absolute Gasteiger partial charge is 0.489 e. The zero-order valence-corrected chi connectivity index (χ0v) is 14.7. The zero-order valence-electron chi connectivity index (χ0n) is 13.1. The average Bonchev–Trinajstić information content (AvgIpc) is 3.26. The van der Waals surface area contributed by atoms with E-state index in [1.807, 2.05) is 29.0 Å². The lowest BCUT2D eigenvalue weighted by Crippen LogP contribution is -2.18. The van der Waals surface area contributed by atoms with Crippen molar-refractivity contribution in [2.24, 2.45) is 0 Å². The van der Waals surface area contributed by atoms with Gasteiger partial charge >= 0.3 is 0 Å². The molecule has 124 valence electrons. The Morgan fingerprint density at radius 3 is 2.92 bits per heavy atom. The van der Waals surface area contributed by atoms with E-state index >= 15 is 0 Å². The van der Waals surface area contributed by atoms with Crippen molar-refractivity contribution in [2.75, 3.05) is 5.73 Å². The highest BCUT2D eigenvalue weighted by molar-refractivity contribution is 7.15. The number of aromatic nitrogens is 1. The van der Waals surface area contributed by atoms with Crippen molar-refractivity contribution in [1.29, 1.82) is 0 Å². The summed E-state index contributed by atoms with van der Waals surface area (Å²) in [5.41, 5.74) is 8.84. The van der Waals surface area contributed by atoms with E-state index < -0.39 is 0 Å². The molecule has 0 spiro atoms. The molecule has 3 heterocycles. The van der Waals surface area contributed by atoms with Gasteiger partial charge in [-0.25, -0.2) is 4.98 Å². The maximum Gasteiger partial charge on any atom is 0.217 e. The van der Waals surface area contributed by atoms with Crippen LogP contribution in [0.1, 0.15) is 18.1 Å². The minimum Gasteiger partial charge on any atom is -0.489 e. The van der Waals surface area contributed by atoms with E-state index in [4.69, 9.17) is 10.5 Å². The average molecular weight is 359 g/mol. The first kappa shape index (κ1) is 16.5. The number of nitrogen functional groups attached to an aromatic ring is 1. The molecule has 2 bridgehead atoms. The first-order valence-electron chi connectivity index (χ1n) is 7.36. The van der Waals surface area contributed by atoms with Crippen LogP contribution in [0.25, 0.3) is 10.6 Å². The molecule has 0 unspecified atom stereocenters. The number of anilines is 1. The van der Waals surface area contributed by atoms with E-state index in [1.165, 1.54) is 23.8 Å². The van der Waals surface area contributed by atoms with Gasteiger partial charge in [0, 0.05) is 18.8 Å². The monoisotopic (exact) mass is 359 g/mol. The van der Waals surface area contributed by atoms with Gasteiger partial charge in [0.15, 0.2) is 5.13 Å². The van der Waals surface area contributed by atoms with Crippen LogP contribution in [0.4, 0.5) is 5.13 Å². The third kappa shape index (κ3) is 4.12. The zero-order chi connectivity index (χ0) is 16.9. The van der Waals surface area contributed by atoms with E-state index in [2.05, 4.69) is 22.4 Å². The molecule has 24 heavy (non-hydrogen) atoms. The number of rotatable bonds is 3. The van der Waals surface area contributed by atoms with Crippen LogP contribution >= 0.6 is 22.7 Å². The summed E-state index contributed by atoms with van der Waals surface area (Å²) in [7, 11) is 0. The van der Waals surface area contributed by atoms with Crippen LogP contribution in [-0.4, -0.2) is 10.9 Å². The number of nitrogens with zero attached hydrogens (tertiary/aromatic N) is 1. The van der Waals surface area contributed by atoms with Crippen LogP contribution < -0.4 is 15.8 Å². The Morgan fingerprint density at radius 1 is 1.38 bits per heavy atom. The second-order valence-electron chi connectivity index (χ2n) is 5.19. The van der Waals surface area contributed by atoms with Gasteiger partial charge in [-0.3, -0.25) is 4.79 Å². The molecule has 2 aromatic heterocycles. The molecule has 4 rings (SSSR count). The Kier molecular flexibility index (Phi) is 5.12. The van der Waals surface area contributed by atoms with Crippen molar-refractivity contribution in [1.82, 2.24) is 10.3 Å². The number of nitrogens with two attached hydrogens (primary N) is 1. The van der Waals surface area contributed by atoms with Crippen LogP contribution in [0.5, 0.6) is 5.75 Å². The molecule has 0 radical (unpaired) electrons. The predicted molar refractivity (Wildman–Crippen MR) is 98.1 cm³/mol. The lowest BCUT2D eigenvalue weighted by Gasteiger charge is -2.02. The van der Waals surface area contributed by atoms with Crippen LogP contribution in [-0.2, 0) is 17.9 Å². The Bertz CT molecular complexity index is 822. The molecule has 1 aliphatic rings. The highest BCUT2D eigenvalue weighted by atomic mass is 32.1. The number of fused-ring (bicyclic) bond motifs is 2. The van der Waals surface area contributed by atoms with Gasteiger partial charge in [-0.15, -0.1) is 22.7 Å². The van der Waals surface area contributed by atoms with E-state index in [1.54, 1.807) is 11.3 Å². The third-order valence-electron chi connectivity index (χ3n) is 3.33. The summed E-state index contributed by atoms with van der Waals surface area (Å²) in [6, 6.07) is 10.1. The molecule has 0 fully saturated rings. The summed E-state index contributed by atoms with van der Waals surface area (Å²) in [5.74, 6) is 0.970.